The summed E-state index contributed by atoms with van der Waals surface area (Å²) >= 11 is 0. The monoisotopic (exact) mass is 254 g/mol. The van der Waals surface area contributed by atoms with E-state index in [2.05, 4.69) is 29.3 Å². The lowest BCUT2D eigenvalue weighted by Crippen LogP contribution is -2.61. The fourth-order valence-electron chi connectivity index (χ4n) is 3.20. The third-order valence-electron chi connectivity index (χ3n) is 4.76. The summed E-state index contributed by atoms with van der Waals surface area (Å²) in [5.41, 5.74) is 10.0. The van der Waals surface area contributed by atoms with E-state index in [1.807, 2.05) is 0 Å². The SMILES string of the molecule is CC1CCCC(CN)(NN2CCN(C)CC2)CC1. The zero-order valence-corrected chi connectivity index (χ0v) is 12.1. The molecule has 1 saturated heterocycles. The maximum absolute atomic E-state index is 6.10. The van der Waals surface area contributed by atoms with E-state index >= 15 is 0 Å². The van der Waals surface area contributed by atoms with Gasteiger partial charge in [-0.05, 0) is 32.2 Å². The third-order valence-corrected chi connectivity index (χ3v) is 4.76. The van der Waals surface area contributed by atoms with Crippen LogP contribution in [-0.2, 0) is 0 Å². The lowest BCUT2D eigenvalue weighted by atomic mass is 9.90. The number of hydrogen-bond donors (Lipinski definition) is 2. The zero-order chi connectivity index (χ0) is 13.0. The molecule has 106 valence electrons. The van der Waals surface area contributed by atoms with E-state index in [0.29, 0.717) is 0 Å². The predicted octanol–water partition coefficient (Wildman–Crippen LogP) is 1.04. The molecule has 1 aliphatic heterocycles. The molecule has 0 amide bonds. The molecule has 0 aromatic carbocycles. The fraction of sp³-hybridized carbons (Fsp3) is 1.00. The summed E-state index contributed by atoms with van der Waals surface area (Å²) in [4.78, 5) is 2.39. The molecule has 1 saturated carbocycles. The summed E-state index contributed by atoms with van der Waals surface area (Å²) in [6.45, 7) is 7.70. The molecule has 2 rings (SSSR count). The molecule has 1 aliphatic carbocycles. The molecule has 0 bridgehead atoms. The molecule has 2 fully saturated rings. The van der Waals surface area contributed by atoms with E-state index < -0.39 is 0 Å². The Balaban J connectivity index is 1.90. The highest BCUT2D eigenvalue weighted by Gasteiger charge is 2.33. The number of rotatable bonds is 3. The minimum atomic E-state index is 0.167. The first-order valence-electron chi connectivity index (χ1n) is 7.55. The van der Waals surface area contributed by atoms with Crippen molar-refractivity contribution < 1.29 is 0 Å². The molecule has 4 heteroatoms. The fourth-order valence-corrected chi connectivity index (χ4v) is 3.20. The number of hydrazine groups is 1. The van der Waals surface area contributed by atoms with Crippen molar-refractivity contribution in [1.29, 1.82) is 0 Å². The van der Waals surface area contributed by atoms with Crippen LogP contribution in [0.15, 0.2) is 0 Å². The van der Waals surface area contributed by atoms with Crippen LogP contribution in [0, 0.1) is 5.92 Å². The molecular weight excluding hydrogens is 224 g/mol. The standard InChI is InChI=1S/C14H30N4/c1-13-4-3-6-14(12-15,7-5-13)16-18-10-8-17(2)9-11-18/h13,16H,3-12,15H2,1-2H3. The van der Waals surface area contributed by atoms with Gasteiger partial charge in [-0.25, -0.2) is 10.4 Å². The molecule has 3 N–H and O–H groups in total. The van der Waals surface area contributed by atoms with Gasteiger partial charge in [-0.1, -0.05) is 19.8 Å². The van der Waals surface area contributed by atoms with Crippen LogP contribution in [0.3, 0.4) is 0 Å². The summed E-state index contributed by atoms with van der Waals surface area (Å²) in [6, 6.07) is 0. The van der Waals surface area contributed by atoms with Gasteiger partial charge in [-0.15, -0.1) is 0 Å². The van der Waals surface area contributed by atoms with Gasteiger partial charge in [0.15, 0.2) is 0 Å². The second kappa shape index (κ2) is 6.33. The van der Waals surface area contributed by atoms with E-state index in [0.717, 1.165) is 38.6 Å². The summed E-state index contributed by atoms with van der Waals surface area (Å²) in [7, 11) is 2.20. The largest absolute Gasteiger partial charge is 0.329 e. The molecule has 0 radical (unpaired) electrons. The van der Waals surface area contributed by atoms with E-state index in [9.17, 15) is 0 Å². The van der Waals surface area contributed by atoms with E-state index in [-0.39, 0.29) is 5.54 Å². The van der Waals surface area contributed by atoms with Gasteiger partial charge in [0, 0.05) is 38.3 Å². The van der Waals surface area contributed by atoms with E-state index in [1.165, 1.54) is 32.1 Å². The van der Waals surface area contributed by atoms with Gasteiger partial charge in [0.25, 0.3) is 0 Å². The average molecular weight is 254 g/mol. The Morgan fingerprint density at radius 2 is 1.89 bits per heavy atom. The zero-order valence-electron chi connectivity index (χ0n) is 12.1. The second-order valence-corrected chi connectivity index (χ2v) is 6.42. The molecule has 1 heterocycles. The smallest absolute Gasteiger partial charge is 0.0448 e. The molecule has 0 spiro atoms. The summed E-state index contributed by atoms with van der Waals surface area (Å²) in [5, 5.41) is 2.41. The third kappa shape index (κ3) is 3.67. The highest BCUT2D eigenvalue weighted by atomic mass is 15.5. The number of likely N-dealkylation sites (N-methyl/N-ethyl adjacent to an activating group) is 1. The van der Waals surface area contributed by atoms with Crippen molar-refractivity contribution >= 4 is 0 Å². The lowest BCUT2D eigenvalue weighted by Gasteiger charge is -2.41. The van der Waals surface area contributed by atoms with Crippen LogP contribution < -0.4 is 11.2 Å². The predicted molar refractivity (Wildman–Crippen MR) is 76.2 cm³/mol. The second-order valence-electron chi connectivity index (χ2n) is 6.42. The summed E-state index contributed by atoms with van der Waals surface area (Å²) in [6.07, 6.45) is 6.47. The van der Waals surface area contributed by atoms with Gasteiger partial charge in [0.2, 0.25) is 0 Å². The quantitative estimate of drug-likeness (QED) is 0.739. The number of piperazine rings is 1. The van der Waals surface area contributed by atoms with Crippen molar-refractivity contribution in [3.63, 3.8) is 0 Å². The van der Waals surface area contributed by atoms with Crippen LogP contribution in [0.1, 0.15) is 39.0 Å². The van der Waals surface area contributed by atoms with Crippen LogP contribution in [0.4, 0.5) is 0 Å². The molecule has 0 aromatic rings. The van der Waals surface area contributed by atoms with Gasteiger partial charge in [0.1, 0.15) is 0 Å². The molecule has 0 aromatic heterocycles. The van der Waals surface area contributed by atoms with Crippen LogP contribution >= 0.6 is 0 Å². The van der Waals surface area contributed by atoms with Crippen molar-refractivity contribution in [3.05, 3.63) is 0 Å². The average Bonchev–Trinajstić information content (AvgIpc) is 2.56. The topological polar surface area (TPSA) is 44.5 Å². The number of hydrogen-bond acceptors (Lipinski definition) is 4. The van der Waals surface area contributed by atoms with E-state index in [1.54, 1.807) is 0 Å². The van der Waals surface area contributed by atoms with Crippen LogP contribution in [0.2, 0.25) is 0 Å². The van der Waals surface area contributed by atoms with Gasteiger partial charge in [-0.3, -0.25) is 0 Å². The van der Waals surface area contributed by atoms with Crippen molar-refractivity contribution in [2.75, 3.05) is 39.8 Å². The van der Waals surface area contributed by atoms with Crippen LogP contribution in [-0.4, -0.2) is 55.2 Å². The Hall–Kier alpha value is -0.160. The molecule has 4 nitrogen and oxygen atoms in total. The van der Waals surface area contributed by atoms with Crippen molar-refractivity contribution in [2.24, 2.45) is 11.7 Å². The Kier molecular flexibility index (Phi) is 5.01. The number of nitrogens with zero attached hydrogens (tertiary/aromatic N) is 2. The molecule has 2 unspecified atom stereocenters. The maximum Gasteiger partial charge on any atom is 0.0448 e. The van der Waals surface area contributed by atoms with Crippen molar-refractivity contribution in [2.45, 2.75) is 44.6 Å². The maximum atomic E-state index is 6.10. The first kappa shape index (κ1) is 14.3. The van der Waals surface area contributed by atoms with Crippen molar-refractivity contribution in [1.82, 2.24) is 15.3 Å². The minimum Gasteiger partial charge on any atom is -0.329 e. The molecule has 2 atom stereocenters. The van der Waals surface area contributed by atoms with E-state index in [4.69, 9.17) is 5.73 Å². The van der Waals surface area contributed by atoms with Gasteiger partial charge < -0.3 is 10.6 Å². The van der Waals surface area contributed by atoms with Gasteiger partial charge >= 0.3 is 0 Å². The molecular formula is C14H30N4. The van der Waals surface area contributed by atoms with Crippen LogP contribution in [0.25, 0.3) is 0 Å². The Bertz CT molecular complexity index is 250. The normalized spacial score (nSPS) is 36.5. The Morgan fingerprint density at radius 3 is 2.56 bits per heavy atom. The number of nitrogens with one attached hydrogen (secondary N) is 1. The van der Waals surface area contributed by atoms with Crippen LogP contribution in [0.5, 0.6) is 0 Å². The van der Waals surface area contributed by atoms with Gasteiger partial charge in [-0.2, -0.15) is 0 Å². The van der Waals surface area contributed by atoms with Crippen molar-refractivity contribution in [3.8, 4) is 0 Å². The highest BCUT2D eigenvalue weighted by Crippen LogP contribution is 2.30. The first-order chi connectivity index (χ1) is 8.63. The Labute approximate surface area is 112 Å². The lowest BCUT2D eigenvalue weighted by molar-refractivity contribution is 0.0481. The van der Waals surface area contributed by atoms with Gasteiger partial charge in [0.05, 0.1) is 0 Å². The first-order valence-corrected chi connectivity index (χ1v) is 7.55. The molecule has 2 aliphatic rings. The highest BCUT2D eigenvalue weighted by molar-refractivity contribution is 4.91. The summed E-state index contributed by atoms with van der Waals surface area (Å²) < 4.78 is 0. The molecule has 18 heavy (non-hydrogen) atoms. The Morgan fingerprint density at radius 1 is 1.17 bits per heavy atom. The number of nitrogens with two attached hydrogens (primary N) is 1. The summed E-state index contributed by atoms with van der Waals surface area (Å²) in [5.74, 6) is 0.868. The minimum absolute atomic E-state index is 0.167.